The normalized spacial score (nSPS) is 11.2. The summed E-state index contributed by atoms with van der Waals surface area (Å²) in [5, 5.41) is 2.80. The lowest BCUT2D eigenvalue weighted by atomic mass is 10.1. The van der Waals surface area contributed by atoms with Gasteiger partial charge in [-0.05, 0) is 37.1 Å². The van der Waals surface area contributed by atoms with E-state index in [0.717, 1.165) is 16.7 Å². The maximum atomic E-state index is 12.1. The second-order valence-corrected chi connectivity index (χ2v) is 7.43. The van der Waals surface area contributed by atoms with Gasteiger partial charge in [-0.25, -0.2) is 13.1 Å². The summed E-state index contributed by atoms with van der Waals surface area (Å²) in [4.78, 5) is 12.1. The standard InChI is InChI=1S/C18H22N2O3S/c1-14-7-9-17(10-8-14)24(22,23)20-12-11-18(21)19-13-16-6-4-3-5-15(16)2/h3-10,20H,11-13H2,1-2H3,(H,19,21). The lowest BCUT2D eigenvalue weighted by molar-refractivity contribution is -0.121. The zero-order valence-electron chi connectivity index (χ0n) is 13.9. The van der Waals surface area contributed by atoms with Crippen molar-refractivity contribution in [3.05, 3.63) is 65.2 Å². The van der Waals surface area contributed by atoms with Crippen LogP contribution >= 0.6 is 0 Å². The highest BCUT2D eigenvalue weighted by molar-refractivity contribution is 7.89. The minimum atomic E-state index is -3.58. The SMILES string of the molecule is Cc1ccc(S(=O)(=O)NCCC(=O)NCc2ccccc2C)cc1. The Morgan fingerprint density at radius 3 is 2.33 bits per heavy atom. The number of hydrogen-bond acceptors (Lipinski definition) is 3. The van der Waals surface area contributed by atoms with Gasteiger partial charge in [0.2, 0.25) is 15.9 Å². The van der Waals surface area contributed by atoms with Gasteiger partial charge in [0.15, 0.2) is 0 Å². The lowest BCUT2D eigenvalue weighted by Gasteiger charge is -2.09. The molecule has 128 valence electrons. The molecule has 0 bridgehead atoms. The molecule has 0 fully saturated rings. The average molecular weight is 346 g/mol. The van der Waals surface area contributed by atoms with E-state index in [4.69, 9.17) is 0 Å². The summed E-state index contributed by atoms with van der Waals surface area (Å²) >= 11 is 0. The third-order valence-electron chi connectivity index (χ3n) is 3.71. The van der Waals surface area contributed by atoms with Gasteiger partial charge in [-0.2, -0.15) is 0 Å². The number of carbonyl (C=O) groups is 1. The minimum Gasteiger partial charge on any atom is -0.352 e. The van der Waals surface area contributed by atoms with Crippen LogP contribution in [0, 0.1) is 13.8 Å². The Morgan fingerprint density at radius 1 is 1.00 bits per heavy atom. The molecule has 1 amide bonds. The van der Waals surface area contributed by atoms with Gasteiger partial charge in [0.1, 0.15) is 0 Å². The molecule has 0 aromatic heterocycles. The van der Waals surface area contributed by atoms with E-state index in [1.54, 1.807) is 24.3 Å². The molecule has 0 aliphatic heterocycles. The molecular formula is C18H22N2O3S. The van der Waals surface area contributed by atoms with Crippen LogP contribution in [0.4, 0.5) is 0 Å². The van der Waals surface area contributed by atoms with Crippen molar-refractivity contribution in [1.29, 1.82) is 0 Å². The van der Waals surface area contributed by atoms with E-state index in [1.807, 2.05) is 38.1 Å². The van der Waals surface area contributed by atoms with E-state index in [2.05, 4.69) is 10.0 Å². The van der Waals surface area contributed by atoms with Gasteiger partial charge in [-0.1, -0.05) is 42.0 Å². The van der Waals surface area contributed by atoms with Gasteiger partial charge in [0, 0.05) is 19.5 Å². The van der Waals surface area contributed by atoms with Gasteiger partial charge in [-0.3, -0.25) is 4.79 Å². The molecule has 0 radical (unpaired) electrons. The fourth-order valence-corrected chi connectivity index (χ4v) is 3.22. The van der Waals surface area contributed by atoms with Crippen molar-refractivity contribution < 1.29 is 13.2 Å². The summed E-state index contributed by atoms with van der Waals surface area (Å²) in [5.41, 5.74) is 3.15. The number of carbonyl (C=O) groups excluding carboxylic acids is 1. The summed E-state index contributed by atoms with van der Waals surface area (Å²) in [5.74, 6) is -0.190. The van der Waals surface area contributed by atoms with Crippen molar-refractivity contribution in [1.82, 2.24) is 10.0 Å². The maximum Gasteiger partial charge on any atom is 0.240 e. The van der Waals surface area contributed by atoms with Crippen LogP contribution in [-0.2, 0) is 21.4 Å². The van der Waals surface area contributed by atoms with Crippen molar-refractivity contribution in [2.75, 3.05) is 6.54 Å². The van der Waals surface area contributed by atoms with E-state index in [-0.39, 0.29) is 23.8 Å². The predicted molar refractivity (Wildman–Crippen MR) is 94.0 cm³/mol. The monoisotopic (exact) mass is 346 g/mol. The Bertz CT molecular complexity index is 799. The second-order valence-electron chi connectivity index (χ2n) is 5.66. The molecule has 5 nitrogen and oxygen atoms in total. The fraction of sp³-hybridized carbons (Fsp3) is 0.278. The topological polar surface area (TPSA) is 75.3 Å². The number of rotatable bonds is 7. The Morgan fingerprint density at radius 2 is 1.67 bits per heavy atom. The highest BCUT2D eigenvalue weighted by Crippen LogP contribution is 2.09. The molecule has 0 unspecified atom stereocenters. The minimum absolute atomic E-state index is 0.0653. The van der Waals surface area contributed by atoms with E-state index in [1.165, 1.54) is 0 Å². The Labute approximate surface area is 143 Å². The smallest absolute Gasteiger partial charge is 0.240 e. The third-order valence-corrected chi connectivity index (χ3v) is 5.19. The molecule has 2 rings (SSSR count). The van der Waals surface area contributed by atoms with Crippen molar-refractivity contribution in [2.24, 2.45) is 0 Å². The Hall–Kier alpha value is -2.18. The summed E-state index contributed by atoms with van der Waals surface area (Å²) in [6.45, 7) is 4.38. The number of aryl methyl sites for hydroxylation is 2. The van der Waals surface area contributed by atoms with Gasteiger partial charge in [0.05, 0.1) is 4.90 Å². The van der Waals surface area contributed by atoms with Crippen LogP contribution in [0.1, 0.15) is 23.1 Å². The maximum absolute atomic E-state index is 12.1. The van der Waals surface area contributed by atoms with Gasteiger partial charge in [0.25, 0.3) is 0 Å². The highest BCUT2D eigenvalue weighted by atomic mass is 32.2. The number of sulfonamides is 1. The Kier molecular flexibility index (Phi) is 6.11. The van der Waals surface area contributed by atoms with E-state index >= 15 is 0 Å². The average Bonchev–Trinajstić information content (AvgIpc) is 2.54. The molecule has 0 aliphatic carbocycles. The van der Waals surface area contributed by atoms with Crippen LogP contribution in [0.25, 0.3) is 0 Å². The molecule has 0 heterocycles. The fourth-order valence-electron chi connectivity index (χ4n) is 2.19. The largest absolute Gasteiger partial charge is 0.352 e. The van der Waals surface area contributed by atoms with Crippen LogP contribution in [0.3, 0.4) is 0 Å². The quantitative estimate of drug-likeness (QED) is 0.808. The van der Waals surface area contributed by atoms with Gasteiger partial charge >= 0.3 is 0 Å². The van der Waals surface area contributed by atoms with Crippen LogP contribution in [0.15, 0.2) is 53.4 Å². The van der Waals surface area contributed by atoms with Crippen LogP contribution < -0.4 is 10.0 Å². The number of nitrogens with one attached hydrogen (secondary N) is 2. The first-order valence-corrected chi connectivity index (χ1v) is 9.24. The third kappa shape index (κ3) is 5.18. The van der Waals surface area contributed by atoms with Crippen LogP contribution in [0.5, 0.6) is 0 Å². The number of benzene rings is 2. The molecule has 0 saturated heterocycles. The molecule has 0 aliphatic rings. The van der Waals surface area contributed by atoms with E-state index in [9.17, 15) is 13.2 Å². The van der Waals surface area contributed by atoms with Crippen molar-refractivity contribution in [2.45, 2.75) is 31.7 Å². The van der Waals surface area contributed by atoms with Crippen molar-refractivity contribution in [3.8, 4) is 0 Å². The molecular weight excluding hydrogens is 324 g/mol. The molecule has 0 spiro atoms. The zero-order chi connectivity index (χ0) is 17.6. The second kappa shape index (κ2) is 8.08. The predicted octanol–water partition coefficient (Wildman–Crippen LogP) is 2.29. The molecule has 0 atom stereocenters. The molecule has 2 aromatic rings. The van der Waals surface area contributed by atoms with Crippen LogP contribution in [-0.4, -0.2) is 20.9 Å². The summed E-state index contributed by atoms with van der Waals surface area (Å²) in [6.07, 6.45) is 0.0942. The highest BCUT2D eigenvalue weighted by Gasteiger charge is 2.13. The van der Waals surface area contributed by atoms with Crippen LogP contribution in [0.2, 0.25) is 0 Å². The molecule has 0 saturated carbocycles. The molecule has 2 aromatic carbocycles. The molecule has 6 heteroatoms. The van der Waals surface area contributed by atoms with Gasteiger partial charge < -0.3 is 5.32 Å². The van der Waals surface area contributed by atoms with E-state index < -0.39 is 10.0 Å². The summed E-state index contributed by atoms with van der Waals surface area (Å²) in [7, 11) is -3.58. The lowest BCUT2D eigenvalue weighted by Crippen LogP contribution is -2.30. The summed E-state index contributed by atoms with van der Waals surface area (Å²) in [6, 6.07) is 14.4. The zero-order valence-corrected chi connectivity index (χ0v) is 14.7. The first-order chi connectivity index (χ1) is 11.4. The van der Waals surface area contributed by atoms with Gasteiger partial charge in [-0.15, -0.1) is 0 Å². The summed E-state index contributed by atoms with van der Waals surface area (Å²) < 4.78 is 26.7. The van der Waals surface area contributed by atoms with Crippen molar-refractivity contribution >= 4 is 15.9 Å². The molecule has 24 heavy (non-hydrogen) atoms. The van der Waals surface area contributed by atoms with Crippen molar-refractivity contribution in [3.63, 3.8) is 0 Å². The number of hydrogen-bond donors (Lipinski definition) is 2. The van der Waals surface area contributed by atoms with E-state index in [0.29, 0.717) is 6.54 Å². The first-order valence-electron chi connectivity index (χ1n) is 7.76. The first kappa shape index (κ1) is 18.2. The Balaban J connectivity index is 1.80. The number of amides is 1. The molecule has 2 N–H and O–H groups in total.